The zero-order valence-electron chi connectivity index (χ0n) is 14.2. The van der Waals surface area contributed by atoms with Gasteiger partial charge in [-0.15, -0.1) is 0 Å². The predicted octanol–water partition coefficient (Wildman–Crippen LogP) is 1.86. The Labute approximate surface area is 149 Å². The second kappa shape index (κ2) is 7.47. The molecule has 0 radical (unpaired) electrons. The van der Waals surface area contributed by atoms with E-state index in [9.17, 15) is 9.59 Å². The lowest BCUT2D eigenvalue weighted by Crippen LogP contribution is -2.42. The molecule has 3 aromatic rings. The van der Waals surface area contributed by atoms with Gasteiger partial charge in [0.15, 0.2) is 0 Å². The highest BCUT2D eigenvalue weighted by atomic mass is 16.5. The number of H-pyrrole nitrogens is 1. The number of rotatable bonds is 4. The summed E-state index contributed by atoms with van der Waals surface area (Å²) >= 11 is 0. The van der Waals surface area contributed by atoms with Crippen molar-refractivity contribution in [3.8, 4) is 17.0 Å². The number of amides is 2. The maximum Gasteiger partial charge on any atom is 0.288 e. The fraction of sp³-hybridized carbons (Fsp3) is 0.111. The summed E-state index contributed by atoms with van der Waals surface area (Å²) in [6.07, 6.45) is 0. The van der Waals surface area contributed by atoms with Gasteiger partial charge in [-0.25, -0.2) is 4.98 Å². The topological polar surface area (TPSA) is 109 Å². The van der Waals surface area contributed by atoms with Gasteiger partial charge in [-0.1, -0.05) is 6.07 Å². The highest BCUT2D eigenvalue weighted by Gasteiger charge is 2.13. The molecule has 3 N–H and O–H groups in total. The number of hydrazine groups is 1. The molecule has 0 fully saturated rings. The third-order valence-corrected chi connectivity index (χ3v) is 3.62. The molecule has 2 heterocycles. The van der Waals surface area contributed by atoms with Crippen LogP contribution in [0.5, 0.6) is 5.75 Å². The molecule has 0 saturated heterocycles. The maximum atomic E-state index is 12.2. The largest absolute Gasteiger partial charge is 0.497 e. The molecule has 26 heavy (non-hydrogen) atoms. The van der Waals surface area contributed by atoms with Crippen LogP contribution in [0.4, 0.5) is 0 Å². The fourth-order valence-electron chi connectivity index (χ4n) is 2.26. The van der Waals surface area contributed by atoms with E-state index in [1.807, 2.05) is 12.1 Å². The number of aromatic nitrogens is 3. The Kier molecular flexibility index (Phi) is 4.93. The van der Waals surface area contributed by atoms with Gasteiger partial charge >= 0.3 is 0 Å². The van der Waals surface area contributed by atoms with E-state index >= 15 is 0 Å². The predicted molar refractivity (Wildman–Crippen MR) is 94.5 cm³/mol. The van der Waals surface area contributed by atoms with Crippen molar-refractivity contribution in [1.82, 2.24) is 26.0 Å². The van der Waals surface area contributed by atoms with Gasteiger partial charge in [0.1, 0.15) is 17.1 Å². The molecule has 0 bridgehead atoms. The summed E-state index contributed by atoms with van der Waals surface area (Å²) in [4.78, 5) is 28.2. The highest BCUT2D eigenvalue weighted by molar-refractivity contribution is 5.97. The summed E-state index contributed by atoms with van der Waals surface area (Å²) in [7, 11) is 1.59. The van der Waals surface area contributed by atoms with E-state index in [0.717, 1.165) is 11.3 Å². The molecular weight excluding hydrogens is 334 g/mol. The average molecular weight is 351 g/mol. The number of methoxy groups -OCH3 is 1. The SMILES string of the molecule is COc1ccc(-c2cc(C(=O)NNC(=O)c3cccc(C)n3)[nH]n2)cc1. The Balaban J connectivity index is 1.63. The Bertz CT molecular complexity index is 934. The minimum atomic E-state index is -0.515. The summed E-state index contributed by atoms with van der Waals surface area (Å²) in [6, 6.07) is 13.9. The molecule has 0 aliphatic heterocycles. The van der Waals surface area contributed by atoms with Gasteiger partial charge in [0, 0.05) is 11.3 Å². The van der Waals surface area contributed by atoms with E-state index in [-0.39, 0.29) is 11.4 Å². The van der Waals surface area contributed by atoms with Gasteiger partial charge in [0.25, 0.3) is 11.8 Å². The highest BCUT2D eigenvalue weighted by Crippen LogP contribution is 2.21. The van der Waals surface area contributed by atoms with Gasteiger partial charge in [-0.3, -0.25) is 25.5 Å². The average Bonchev–Trinajstić information content (AvgIpc) is 3.16. The lowest BCUT2D eigenvalue weighted by molar-refractivity contribution is 0.0841. The monoisotopic (exact) mass is 351 g/mol. The Hall–Kier alpha value is -3.68. The van der Waals surface area contributed by atoms with E-state index < -0.39 is 11.8 Å². The van der Waals surface area contributed by atoms with Crippen LogP contribution in [0, 0.1) is 6.92 Å². The molecular formula is C18H17N5O3. The van der Waals surface area contributed by atoms with Crippen LogP contribution in [0.15, 0.2) is 48.5 Å². The van der Waals surface area contributed by atoms with Crippen molar-refractivity contribution >= 4 is 11.8 Å². The molecule has 0 atom stereocenters. The van der Waals surface area contributed by atoms with E-state index in [0.29, 0.717) is 11.4 Å². The summed E-state index contributed by atoms with van der Waals surface area (Å²) in [5.74, 6) is -0.287. The van der Waals surface area contributed by atoms with Crippen LogP contribution in [0.25, 0.3) is 11.3 Å². The summed E-state index contributed by atoms with van der Waals surface area (Å²) < 4.78 is 5.11. The molecule has 8 nitrogen and oxygen atoms in total. The first-order valence-electron chi connectivity index (χ1n) is 7.81. The zero-order chi connectivity index (χ0) is 18.5. The number of nitrogens with one attached hydrogen (secondary N) is 3. The molecule has 0 saturated carbocycles. The first kappa shape index (κ1) is 17.2. The van der Waals surface area contributed by atoms with Crippen molar-refractivity contribution in [2.75, 3.05) is 7.11 Å². The molecule has 0 aliphatic rings. The standard InChI is InChI=1S/C18H17N5O3/c1-11-4-3-5-14(19-11)17(24)22-23-18(25)16-10-15(20-21-16)12-6-8-13(26-2)9-7-12/h3-10H,1-2H3,(H,20,21)(H,22,24)(H,23,25). The molecule has 0 spiro atoms. The van der Waals surface area contributed by atoms with Crippen LogP contribution >= 0.6 is 0 Å². The molecule has 2 amide bonds. The van der Waals surface area contributed by atoms with E-state index in [4.69, 9.17) is 4.74 Å². The van der Waals surface area contributed by atoms with Crippen LogP contribution in [0.2, 0.25) is 0 Å². The third kappa shape index (κ3) is 3.86. The lowest BCUT2D eigenvalue weighted by atomic mass is 10.1. The molecule has 1 aromatic carbocycles. The number of hydrogen-bond donors (Lipinski definition) is 3. The van der Waals surface area contributed by atoms with Crippen LogP contribution in [-0.4, -0.2) is 34.1 Å². The number of benzene rings is 1. The third-order valence-electron chi connectivity index (χ3n) is 3.62. The molecule has 132 valence electrons. The molecule has 0 aliphatic carbocycles. The number of aryl methyl sites for hydroxylation is 1. The quantitative estimate of drug-likeness (QED) is 0.622. The van der Waals surface area contributed by atoms with Crippen LogP contribution < -0.4 is 15.6 Å². The van der Waals surface area contributed by atoms with Crippen molar-refractivity contribution in [2.45, 2.75) is 6.92 Å². The van der Waals surface area contributed by atoms with Gasteiger partial charge in [-0.2, -0.15) is 5.10 Å². The minimum Gasteiger partial charge on any atom is -0.497 e. The smallest absolute Gasteiger partial charge is 0.288 e. The van der Waals surface area contributed by atoms with Crippen LogP contribution in [0.1, 0.15) is 26.7 Å². The van der Waals surface area contributed by atoms with E-state index in [2.05, 4.69) is 26.0 Å². The van der Waals surface area contributed by atoms with Crippen LogP contribution in [-0.2, 0) is 0 Å². The number of hydrogen-bond acceptors (Lipinski definition) is 5. The van der Waals surface area contributed by atoms with Crippen molar-refractivity contribution < 1.29 is 14.3 Å². The number of pyridine rings is 1. The normalized spacial score (nSPS) is 10.2. The van der Waals surface area contributed by atoms with E-state index in [1.165, 1.54) is 0 Å². The maximum absolute atomic E-state index is 12.2. The first-order valence-corrected chi connectivity index (χ1v) is 7.81. The molecule has 3 rings (SSSR count). The Morgan fingerprint density at radius 3 is 2.46 bits per heavy atom. The van der Waals surface area contributed by atoms with Crippen LogP contribution in [0.3, 0.4) is 0 Å². The second-order valence-corrected chi connectivity index (χ2v) is 5.47. The first-order chi connectivity index (χ1) is 12.6. The van der Waals surface area contributed by atoms with Crippen molar-refractivity contribution in [3.05, 3.63) is 65.6 Å². The Morgan fingerprint density at radius 2 is 1.77 bits per heavy atom. The lowest BCUT2D eigenvalue weighted by Gasteiger charge is -2.05. The van der Waals surface area contributed by atoms with E-state index in [1.54, 1.807) is 50.4 Å². The number of carbonyl (C=O) groups excluding carboxylic acids is 2. The summed E-state index contributed by atoms with van der Waals surface area (Å²) in [5, 5.41) is 6.75. The fourth-order valence-corrected chi connectivity index (χ4v) is 2.26. The number of ether oxygens (including phenoxy) is 1. The number of carbonyl (C=O) groups is 2. The number of aromatic amines is 1. The number of nitrogens with zero attached hydrogens (tertiary/aromatic N) is 2. The van der Waals surface area contributed by atoms with Gasteiger partial charge < -0.3 is 4.74 Å². The minimum absolute atomic E-state index is 0.216. The van der Waals surface area contributed by atoms with Crippen molar-refractivity contribution in [2.24, 2.45) is 0 Å². The van der Waals surface area contributed by atoms with Crippen molar-refractivity contribution in [1.29, 1.82) is 0 Å². The molecule has 8 heteroatoms. The second-order valence-electron chi connectivity index (χ2n) is 5.47. The van der Waals surface area contributed by atoms with Crippen molar-refractivity contribution in [3.63, 3.8) is 0 Å². The zero-order valence-corrected chi connectivity index (χ0v) is 14.2. The van der Waals surface area contributed by atoms with Gasteiger partial charge in [0.2, 0.25) is 0 Å². The van der Waals surface area contributed by atoms with Gasteiger partial charge in [0.05, 0.1) is 12.8 Å². The molecule has 2 aromatic heterocycles. The molecule has 0 unspecified atom stereocenters. The Morgan fingerprint density at radius 1 is 1.04 bits per heavy atom. The van der Waals surface area contributed by atoms with Gasteiger partial charge in [-0.05, 0) is 49.4 Å². The summed E-state index contributed by atoms with van der Waals surface area (Å²) in [5.41, 5.74) is 7.22. The summed E-state index contributed by atoms with van der Waals surface area (Å²) in [6.45, 7) is 1.78.